The Hall–Kier alpha value is -1.43. The number of nitrogens with zero attached hydrogens (tertiary/aromatic N) is 3. The summed E-state index contributed by atoms with van der Waals surface area (Å²) in [6.45, 7) is 9.05. The molecule has 1 atom stereocenters. The van der Waals surface area contributed by atoms with Gasteiger partial charge in [0.2, 0.25) is 0 Å². The van der Waals surface area contributed by atoms with E-state index in [1.165, 1.54) is 0 Å². The van der Waals surface area contributed by atoms with E-state index in [4.69, 9.17) is 9.47 Å². The molecule has 1 saturated heterocycles. The van der Waals surface area contributed by atoms with Crippen molar-refractivity contribution in [3.63, 3.8) is 0 Å². The molecule has 0 radical (unpaired) electrons. The first-order valence-corrected chi connectivity index (χ1v) is 7.74. The number of rotatable bonds is 6. The predicted octanol–water partition coefficient (Wildman–Crippen LogP) is 2.36. The van der Waals surface area contributed by atoms with E-state index in [-0.39, 0.29) is 17.7 Å². The van der Waals surface area contributed by atoms with Gasteiger partial charge >= 0.3 is 5.97 Å². The third kappa shape index (κ3) is 3.81. The molecular formula is C15H25N3O3. The van der Waals surface area contributed by atoms with Gasteiger partial charge in [-0.1, -0.05) is 18.6 Å². The van der Waals surface area contributed by atoms with Crippen LogP contribution in [0.15, 0.2) is 0 Å². The van der Waals surface area contributed by atoms with Gasteiger partial charge in [0, 0.05) is 0 Å². The van der Waals surface area contributed by atoms with Crippen LogP contribution in [0.2, 0.25) is 0 Å². The molecule has 21 heavy (non-hydrogen) atoms. The maximum Gasteiger partial charge on any atom is 0.360 e. The molecule has 1 fully saturated rings. The number of aromatic nitrogens is 3. The molecule has 0 spiro atoms. The van der Waals surface area contributed by atoms with Crippen molar-refractivity contribution in [3.8, 4) is 0 Å². The van der Waals surface area contributed by atoms with Gasteiger partial charge in [0.1, 0.15) is 0 Å². The summed E-state index contributed by atoms with van der Waals surface area (Å²) in [5.41, 5.74) is 1.13. The zero-order chi connectivity index (χ0) is 15.5. The molecule has 118 valence electrons. The van der Waals surface area contributed by atoms with Gasteiger partial charge < -0.3 is 9.47 Å². The smallest absolute Gasteiger partial charge is 0.360 e. The lowest BCUT2D eigenvalue weighted by atomic mass is 10.1. The van der Waals surface area contributed by atoms with Crippen molar-refractivity contribution in [2.24, 2.45) is 0 Å². The van der Waals surface area contributed by atoms with Crippen LogP contribution in [0.5, 0.6) is 0 Å². The minimum Gasteiger partial charge on any atom is -0.461 e. The molecule has 2 rings (SSSR count). The summed E-state index contributed by atoms with van der Waals surface area (Å²) in [6, 6.07) is 0. The van der Waals surface area contributed by atoms with E-state index in [2.05, 4.69) is 31.1 Å². The molecule has 6 heteroatoms. The monoisotopic (exact) mass is 295 g/mol. The van der Waals surface area contributed by atoms with Gasteiger partial charge in [0.05, 0.1) is 30.6 Å². The first-order valence-electron chi connectivity index (χ1n) is 7.74. The molecule has 1 unspecified atom stereocenters. The first kappa shape index (κ1) is 15.9. The van der Waals surface area contributed by atoms with Crippen molar-refractivity contribution in [1.82, 2.24) is 15.0 Å². The molecule has 0 bridgehead atoms. The molecule has 0 aromatic carbocycles. The highest BCUT2D eigenvalue weighted by Gasteiger charge is 2.33. The summed E-state index contributed by atoms with van der Waals surface area (Å²) in [5.74, 6) is -0.389. The third-order valence-corrected chi connectivity index (χ3v) is 3.72. The number of hydrogen-bond donors (Lipinski definition) is 0. The van der Waals surface area contributed by atoms with Crippen LogP contribution in [-0.4, -0.2) is 39.3 Å². The van der Waals surface area contributed by atoms with E-state index in [1.54, 1.807) is 6.92 Å². The van der Waals surface area contributed by atoms with Gasteiger partial charge in [-0.05, 0) is 40.0 Å². The van der Waals surface area contributed by atoms with Crippen molar-refractivity contribution in [3.05, 3.63) is 11.4 Å². The molecule has 0 saturated carbocycles. The lowest BCUT2D eigenvalue weighted by Gasteiger charge is -2.19. The Balaban J connectivity index is 2.14. The van der Waals surface area contributed by atoms with Crippen molar-refractivity contribution in [2.75, 3.05) is 6.61 Å². The SMILES string of the molecule is CCCc1c(C(=O)OCC)nnn1CC1CCC(C)(C)O1. The number of esters is 1. The van der Waals surface area contributed by atoms with Crippen LogP contribution in [0, 0.1) is 0 Å². The molecule has 0 amide bonds. The minimum absolute atomic E-state index is 0.0693. The van der Waals surface area contributed by atoms with E-state index in [1.807, 2.05) is 4.68 Å². The summed E-state index contributed by atoms with van der Waals surface area (Å²) in [7, 11) is 0. The Bertz CT molecular complexity index is 496. The van der Waals surface area contributed by atoms with E-state index in [9.17, 15) is 4.79 Å². The fourth-order valence-corrected chi connectivity index (χ4v) is 2.72. The van der Waals surface area contributed by atoms with Gasteiger partial charge in [-0.15, -0.1) is 5.10 Å². The van der Waals surface area contributed by atoms with Gasteiger partial charge in [-0.2, -0.15) is 0 Å². The zero-order valence-electron chi connectivity index (χ0n) is 13.4. The maximum atomic E-state index is 11.9. The lowest BCUT2D eigenvalue weighted by Crippen LogP contribution is -2.24. The second-order valence-corrected chi connectivity index (χ2v) is 6.08. The van der Waals surface area contributed by atoms with Crippen molar-refractivity contribution in [2.45, 2.75) is 71.6 Å². The number of carbonyl (C=O) groups excluding carboxylic acids is 1. The highest BCUT2D eigenvalue weighted by atomic mass is 16.5. The molecule has 0 aliphatic carbocycles. The minimum atomic E-state index is -0.389. The van der Waals surface area contributed by atoms with Crippen molar-refractivity contribution >= 4 is 5.97 Å². The Kier molecular flexibility index (Phi) is 4.98. The molecule has 1 aromatic rings. The van der Waals surface area contributed by atoms with E-state index < -0.39 is 0 Å². The molecule has 1 aromatic heterocycles. The predicted molar refractivity (Wildman–Crippen MR) is 78.2 cm³/mol. The number of carbonyl (C=O) groups is 1. The molecule has 1 aliphatic heterocycles. The van der Waals surface area contributed by atoms with E-state index >= 15 is 0 Å². The fraction of sp³-hybridized carbons (Fsp3) is 0.800. The Morgan fingerprint density at radius 1 is 1.48 bits per heavy atom. The largest absolute Gasteiger partial charge is 0.461 e. The van der Waals surface area contributed by atoms with Gasteiger partial charge in [-0.25, -0.2) is 9.48 Å². The average molecular weight is 295 g/mol. The van der Waals surface area contributed by atoms with Gasteiger partial charge in [-0.3, -0.25) is 0 Å². The fourth-order valence-electron chi connectivity index (χ4n) is 2.72. The summed E-state index contributed by atoms with van der Waals surface area (Å²) in [4.78, 5) is 11.9. The van der Waals surface area contributed by atoms with Gasteiger partial charge in [0.25, 0.3) is 0 Å². The second kappa shape index (κ2) is 6.56. The van der Waals surface area contributed by atoms with Gasteiger partial charge in [0.15, 0.2) is 5.69 Å². The highest BCUT2D eigenvalue weighted by Crippen LogP contribution is 2.30. The molecular weight excluding hydrogens is 270 g/mol. The summed E-state index contributed by atoms with van der Waals surface area (Å²) >= 11 is 0. The maximum absolute atomic E-state index is 11.9. The van der Waals surface area contributed by atoms with Crippen molar-refractivity contribution < 1.29 is 14.3 Å². The molecule has 1 aliphatic rings. The summed E-state index contributed by atoms with van der Waals surface area (Å²) < 4.78 is 12.9. The van der Waals surface area contributed by atoms with Crippen LogP contribution >= 0.6 is 0 Å². The number of hydrogen-bond acceptors (Lipinski definition) is 5. The summed E-state index contributed by atoms with van der Waals surface area (Å²) in [6.07, 6.45) is 3.87. The molecule has 6 nitrogen and oxygen atoms in total. The normalized spacial score (nSPS) is 20.7. The van der Waals surface area contributed by atoms with Crippen LogP contribution in [0.25, 0.3) is 0 Å². The second-order valence-electron chi connectivity index (χ2n) is 6.08. The van der Waals surface area contributed by atoms with E-state index in [0.29, 0.717) is 18.8 Å². The van der Waals surface area contributed by atoms with Crippen LogP contribution in [0.4, 0.5) is 0 Å². The Labute approximate surface area is 125 Å². The van der Waals surface area contributed by atoms with E-state index in [0.717, 1.165) is 31.4 Å². The van der Waals surface area contributed by atoms with Crippen LogP contribution in [0.3, 0.4) is 0 Å². The van der Waals surface area contributed by atoms with Crippen LogP contribution in [0.1, 0.15) is 63.1 Å². The topological polar surface area (TPSA) is 66.2 Å². The molecule has 0 N–H and O–H groups in total. The number of ether oxygens (including phenoxy) is 2. The lowest BCUT2D eigenvalue weighted by molar-refractivity contribution is -0.0234. The zero-order valence-corrected chi connectivity index (χ0v) is 13.4. The standard InChI is InChI=1S/C15H25N3O3/c1-5-7-12-13(14(19)20-6-2)16-17-18(12)10-11-8-9-15(3,4)21-11/h11H,5-10H2,1-4H3. The average Bonchev–Trinajstić information content (AvgIpc) is 2.95. The van der Waals surface area contributed by atoms with Crippen LogP contribution < -0.4 is 0 Å². The highest BCUT2D eigenvalue weighted by molar-refractivity contribution is 5.88. The third-order valence-electron chi connectivity index (χ3n) is 3.72. The molecule has 2 heterocycles. The summed E-state index contributed by atoms with van der Waals surface area (Å²) in [5, 5.41) is 8.15. The van der Waals surface area contributed by atoms with Crippen molar-refractivity contribution in [1.29, 1.82) is 0 Å². The quantitative estimate of drug-likeness (QED) is 0.754. The van der Waals surface area contributed by atoms with Crippen LogP contribution in [-0.2, 0) is 22.4 Å². The Morgan fingerprint density at radius 3 is 2.81 bits per heavy atom. The first-order chi connectivity index (χ1) is 9.96. The Morgan fingerprint density at radius 2 is 2.24 bits per heavy atom.